The van der Waals surface area contributed by atoms with Crippen molar-refractivity contribution in [2.75, 3.05) is 14.2 Å². The van der Waals surface area contributed by atoms with Crippen LogP contribution in [0.1, 0.15) is 29.4 Å². The molecule has 0 aliphatic carbocycles. The molecule has 2 N–H and O–H groups in total. The molecule has 0 spiro atoms. The number of H-pyrrole nitrogens is 1. The molecule has 6 heteroatoms. The predicted octanol–water partition coefficient (Wildman–Crippen LogP) is 4.61. The number of ether oxygens (including phenoxy) is 2. The molecule has 4 aromatic rings. The maximum Gasteiger partial charge on any atom is 0.220 e. The van der Waals surface area contributed by atoms with Crippen LogP contribution < -0.4 is 14.8 Å². The molecule has 4 rings (SSSR count). The number of imidazole rings is 1. The molecule has 1 heterocycles. The SMILES string of the molecule is COc1cc(CCC(=O)NC(Cc2ccccc2)c2nc3ccccc3[nH]2)cc(OC)c1. The number of hydrogen-bond donors (Lipinski definition) is 2. The molecule has 1 unspecified atom stereocenters. The predicted molar refractivity (Wildman–Crippen MR) is 125 cm³/mol. The van der Waals surface area contributed by atoms with E-state index in [1.165, 1.54) is 0 Å². The fourth-order valence-electron chi connectivity index (χ4n) is 3.74. The van der Waals surface area contributed by atoms with E-state index in [2.05, 4.69) is 22.4 Å². The van der Waals surface area contributed by atoms with Crippen molar-refractivity contribution in [1.29, 1.82) is 0 Å². The number of aryl methyl sites for hydroxylation is 1. The Bertz CT molecular complexity index is 1130. The minimum atomic E-state index is -0.253. The monoisotopic (exact) mass is 429 g/mol. The largest absolute Gasteiger partial charge is 0.497 e. The zero-order valence-corrected chi connectivity index (χ0v) is 18.3. The molecule has 164 valence electrons. The lowest BCUT2D eigenvalue weighted by Crippen LogP contribution is -2.31. The van der Waals surface area contributed by atoms with Gasteiger partial charge in [0.05, 0.1) is 31.3 Å². The van der Waals surface area contributed by atoms with Gasteiger partial charge in [0.15, 0.2) is 0 Å². The van der Waals surface area contributed by atoms with Gasteiger partial charge in [0.1, 0.15) is 17.3 Å². The van der Waals surface area contributed by atoms with Crippen LogP contribution in [0.25, 0.3) is 11.0 Å². The fraction of sp³-hybridized carbons (Fsp3) is 0.231. The van der Waals surface area contributed by atoms with Crippen molar-refractivity contribution in [1.82, 2.24) is 15.3 Å². The smallest absolute Gasteiger partial charge is 0.220 e. The van der Waals surface area contributed by atoms with Gasteiger partial charge in [-0.15, -0.1) is 0 Å². The molecule has 6 nitrogen and oxygen atoms in total. The van der Waals surface area contributed by atoms with Crippen molar-refractivity contribution < 1.29 is 14.3 Å². The first-order valence-electron chi connectivity index (χ1n) is 10.6. The molecule has 1 amide bonds. The number of methoxy groups -OCH3 is 2. The molecule has 0 radical (unpaired) electrons. The fourth-order valence-corrected chi connectivity index (χ4v) is 3.74. The number of rotatable bonds is 9. The Morgan fingerprint density at radius 2 is 1.62 bits per heavy atom. The summed E-state index contributed by atoms with van der Waals surface area (Å²) in [4.78, 5) is 21.0. The highest BCUT2D eigenvalue weighted by atomic mass is 16.5. The zero-order chi connectivity index (χ0) is 22.3. The summed E-state index contributed by atoms with van der Waals surface area (Å²) in [6.45, 7) is 0. The van der Waals surface area contributed by atoms with Gasteiger partial charge in [0.25, 0.3) is 0 Å². The molecule has 0 saturated heterocycles. The summed E-state index contributed by atoms with van der Waals surface area (Å²) in [5.74, 6) is 2.15. The summed E-state index contributed by atoms with van der Waals surface area (Å²) >= 11 is 0. The number of carbonyl (C=O) groups is 1. The first kappa shape index (κ1) is 21.4. The summed E-state index contributed by atoms with van der Waals surface area (Å²) in [6.07, 6.45) is 1.58. The summed E-state index contributed by atoms with van der Waals surface area (Å²) in [5.41, 5.74) is 3.96. The lowest BCUT2D eigenvalue weighted by molar-refractivity contribution is -0.121. The van der Waals surface area contributed by atoms with Crippen LogP contribution in [0.5, 0.6) is 11.5 Å². The normalized spacial score (nSPS) is 11.8. The number of benzene rings is 3. The molecule has 1 atom stereocenters. The Morgan fingerprint density at radius 1 is 0.938 bits per heavy atom. The van der Waals surface area contributed by atoms with Crippen LogP contribution in [0, 0.1) is 0 Å². The van der Waals surface area contributed by atoms with E-state index >= 15 is 0 Å². The second kappa shape index (κ2) is 10.0. The van der Waals surface area contributed by atoms with Crippen molar-refractivity contribution in [3.8, 4) is 11.5 Å². The number of hydrogen-bond acceptors (Lipinski definition) is 4. The standard InChI is InChI=1S/C26H27N3O3/c1-31-20-14-19(15-21(17-20)32-2)12-13-25(30)27-24(16-18-8-4-3-5-9-18)26-28-22-10-6-7-11-23(22)29-26/h3-11,14-15,17,24H,12-13,16H2,1-2H3,(H,27,30)(H,28,29). The van der Waals surface area contributed by atoms with E-state index in [1.807, 2.05) is 60.7 Å². The minimum Gasteiger partial charge on any atom is -0.497 e. The van der Waals surface area contributed by atoms with Crippen LogP contribution in [0.4, 0.5) is 0 Å². The van der Waals surface area contributed by atoms with Crippen molar-refractivity contribution in [3.63, 3.8) is 0 Å². The van der Waals surface area contributed by atoms with Crippen LogP contribution >= 0.6 is 0 Å². The Balaban J connectivity index is 1.49. The number of para-hydroxylation sites is 2. The van der Waals surface area contributed by atoms with Crippen LogP contribution in [0.2, 0.25) is 0 Å². The first-order valence-corrected chi connectivity index (χ1v) is 10.6. The van der Waals surface area contributed by atoms with E-state index in [9.17, 15) is 4.79 Å². The summed E-state index contributed by atoms with van der Waals surface area (Å²) < 4.78 is 10.7. The number of amides is 1. The Labute approximate surface area is 187 Å². The third-order valence-corrected chi connectivity index (χ3v) is 5.41. The van der Waals surface area contributed by atoms with Crippen LogP contribution in [0.3, 0.4) is 0 Å². The molecule has 3 aromatic carbocycles. The van der Waals surface area contributed by atoms with Gasteiger partial charge < -0.3 is 19.8 Å². The molecule has 32 heavy (non-hydrogen) atoms. The molecule has 0 fully saturated rings. The van der Waals surface area contributed by atoms with E-state index in [0.29, 0.717) is 30.8 Å². The van der Waals surface area contributed by atoms with Gasteiger partial charge in [-0.25, -0.2) is 4.98 Å². The molecule has 0 saturated carbocycles. The van der Waals surface area contributed by atoms with E-state index in [1.54, 1.807) is 14.2 Å². The molecular formula is C26H27N3O3. The number of aromatic amines is 1. The second-order valence-corrected chi connectivity index (χ2v) is 7.67. The van der Waals surface area contributed by atoms with E-state index in [4.69, 9.17) is 14.5 Å². The minimum absolute atomic E-state index is 0.0341. The molecule has 0 bridgehead atoms. The maximum atomic E-state index is 12.9. The van der Waals surface area contributed by atoms with Crippen molar-refractivity contribution >= 4 is 16.9 Å². The van der Waals surface area contributed by atoms with Gasteiger partial charge in [-0.3, -0.25) is 4.79 Å². The zero-order valence-electron chi connectivity index (χ0n) is 18.3. The average molecular weight is 430 g/mol. The number of aromatic nitrogens is 2. The Morgan fingerprint density at radius 3 is 2.31 bits per heavy atom. The Kier molecular flexibility index (Phi) is 6.70. The third-order valence-electron chi connectivity index (χ3n) is 5.41. The topological polar surface area (TPSA) is 76.2 Å². The van der Waals surface area contributed by atoms with E-state index < -0.39 is 0 Å². The van der Waals surface area contributed by atoms with Crippen molar-refractivity contribution in [2.45, 2.75) is 25.3 Å². The van der Waals surface area contributed by atoms with E-state index in [0.717, 1.165) is 28.0 Å². The average Bonchev–Trinajstić information content (AvgIpc) is 3.27. The van der Waals surface area contributed by atoms with Gasteiger partial charge in [0.2, 0.25) is 5.91 Å². The van der Waals surface area contributed by atoms with Gasteiger partial charge in [-0.05, 0) is 48.2 Å². The lowest BCUT2D eigenvalue weighted by Gasteiger charge is -2.17. The number of carbonyl (C=O) groups excluding carboxylic acids is 1. The van der Waals surface area contributed by atoms with Crippen LogP contribution in [-0.4, -0.2) is 30.1 Å². The highest BCUT2D eigenvalue weighted by Crippen LogP contribution is 2.24. The number of fused-ring (bicyclic) bond motifs is 1. The second-order valence-electron chi connectivity index (χ2n) is 7.67. The van der Waals surface area contributed by atoms with Crippen molar-refractivity contribution in [3.05, 3.63) is 89.7 Å². The summed E-state index contributed by atoms with van der Waals surface area (Å²) in [6, 6.07) is 23.4. The Hall–Kier alpha value is -3.80. The lowest BCUT2D eigenvalue weighted by atomic mass is 10.0. The van der Waals surface area contributed by atoms with Crippen molar-refractivity contribution in [2.24, 2.45) is 0 Å². The summed E-state index contributed by atoms with van der Waals surface area (Å²) in [7, 11) is 3.24. The molecule has 1 aromatic heterocycles. The van der Waals surface area contributed by atoms with Gasteiger partial charge >= 0.3 is 0 Å². The molecule has 0 aliphatic heterocycles. The highest BCUT2D eigenvalue weighted by Gasteiger charge is 2.19. The van der Waals surface area contributed by atoms with Gasteiger partial charge in [0, 0.05) is 12.5 Å². The molecule has 0 aliphatic rings. The molecular weight excluding hydrogens is 402 g/mol. The number of nitrogens with zero attached hydrogens (tertiary/aromatic N) is 1. The van der Waals surface area contributed by atoms with Gasteiger partial charge in [-0.1, -0.05) is 42.5 Å². The maximum absolute atomic E-state index is 12.9. The number of nitrogens with one attached hydrogen (secondary N) is 2. The summed E-state index contributed by atoms with van der Waals surface area (Å²) in [5, 5.41) is 3.18. The first-order chi connectivity index (χ1) is 15.6. The van der Waals surface area contributed by atoms with E-state index in [-0.39, 0.29) is 11.9 Å². The van der Waals surface area contributed by atoms with Crippen LogP contribution in [0.15, 0.2) is 72.8 Å². The highest BCUT2D eigenvalue weighted by molar-refractivity contribution is 5.78. The third kappa shape index (κ3) is 5.27. The van der Waals surface area contributed by atoms with Gasteiger partial charge in [-0.2, -0.15) is 0 Å². The quantitative estimate of drug-likeness (QED) is 0.407. The van der Waals surface area contributed by atoms with Crippen LogP contribution in [-0.2, 0) is 17.6 Å².